The van der Waals surface area contributed by atoms with Crippen LogP contribution in [0.15, 0.2) is 6.20 Å². The molecule has 18 heavy (non-hydrogen) atoms. The molecule has 0 fully saturated rings. The lowest BCUT2D eigenvalue weighted by molar-refractivity contribution is 0.100. The van der Waals surface area contributed by atoms with Gasteiger partial charge in [0.1, 0.15) is 5.82 Å². The SMILES string of the molecule is CNc1ncc(C(N)=O)c(NC(C)C(C)(C)C)n1. The topological polar surface area (TPSA) is 92.9 Å². The maximum absolute atomic E-state index is 11.3. The fraction of sp³-hybridized carbons (Fsp3) is 0.583. The lowest BCUT2D eigenvalue weighted by atomic mass is 9.88. The number of hydrogen-bond donors (Lipinski definition) is 3. The Morgan fingerprint density at radius 1 is 1.44 bits per heavy atom. The van der Waals surface area contributed by atoms with Crippen LogP contribution in [0.2, 0.25) is 0 Å². The van der Waals surface area contributed by atoms with Gasteiger partial charge in [0.2, 0.25) is 5.95 Å². The van der Waals surface area contributed by atoms with Crippen LogP contribution in [-0.4, -0.2) is 29.0 Å². The third-order valence-electron chi connectivity index (χ3n) is 2.93. The second-order valence-corrected chi connectivity index (χ2v) is 5.30. The Kier molecular flexibility index (Phi) is 4.11. The molecular weight excluding hydrogens is 230 g/mol. The van der Waals surface area contributed by atoms with Crippen molar-refractivity contribution >= 4 is 17.7 Å². The number of nitrogens with zero attached hydrogens (tertiary/aromatic N) is 2. The number of nitrogens with one attached hydrogen (secondary N) is 2. The van der Waals surface area contributed by atoms with E-state index in [2.05, 4.69) is 41.4 Å². The molecule has 6 heteroatoms. The first-order valence-electron chi connectivity index (χ1n) is 5.87. The smallest absolute Gasteiger partial charge is 0.254 e. The molecule has 0 bridgehead atoms. The van der Waals surface area contributed by atoms with E-state index in [1.54, 1.807) is 7.05 Å². The summed E-state index contributed by atoms with van der Waals surface area (Å²) in [5.74, 6) is 0.370. The number of carbonyl (C=O) groups excluding carboxylic acids is 1. The van der Waals surface area contributed by atoms with Crippen LogP contribution in [0.5, 0.6) is 0 Å². The molecule has 100 valence electrons. The van der Waals surface area contributed by atoms with Crippen molar-refractivity contribution in [3.63, 3.8) is 0 Å². The average Bonchev–Trinajstić information content (AvgIpc) is 2.27. The van der Waals surface area contributed by atoms with Crippen molar-refractivity contribution in [3.05, 3.63) is 11.8 Å². The van der Waals surface area contributed by atoms with Gasteiger partial charge in [0.05, 0.1) is 5.56 Å². The van der Waals surface area contributed by atoms with Crippen LogP contribution in [0.25, 0.3) is 0 Å². The van der Waals surface area contributed by atoms with Crippen molar-refractivity contribution in [1.82, 2.24) is 9.97 Å². The van der Waals surface area contributed by atoms with Gasteiger partial charge in [-0.3, -0.25) is 4.79 Å². The Labute approximate surface area is 107 Å². The molecule has 1 heterocycles. The second-order valence-electron chi connectivity index (χ2n) is 5.30. The molecule has 1 unspecified atom stereocenters. The molecule has 1 aromatic rings. The van der Waals surface area contributed by atoms with Crippen molar-refractivity contribution in [2.24, 2.45) is 11.1 Å². The van der Waals surface area contributed by atoms with Gasteiger partial charge in [0.25, 0.3) is 5.91 Å². The standard InChI is InChI=1S/C12H21N5O/c1-7(12(2,3)4)16-10-8(9(13)18)6-15-11(14-5)17-10/h6-7H,1-5H3,(H2,13,18)(H2,14,15,16,17). The summed E-state index contributed by atoms with van der Waals surface area (Å²) in [5.41, 5.74) is 5.65. The molecule has 0 aromatic carbocycles. The largest absolute Gasteiger partial charge is 0.366 e. The van der Waals surface area contributed by atoms with Gasteiger partial charge in [-0.2, -0.15) is 4.98 Å². The first kappa shape index (κ1) is 14.2. The predicted molar refractivity (Wildman–Crippen MR) is 72.6 cm³/mol. The van der Waals surface area contributed by atoms with Crippen LogP contribution in [0.4, 0.5) is 11.8 Å². The van der Waals surface area contributed by atoms with E-state index in [-0.39, 0.29) is 11.5 Å². The number of primary amides is 1. The molecule has 6 nitrogen and oxygen atoms in total. The fourth-order valence-corrected chi connectivity index (χ4v) is 1.21. The lowest BCUT2D eigenvalue weighted by Gasteiger charge is -2.29. The maximum atomic E-state index is 11.3. The van der Waals surface area contributed by atoms with Crippen LogP contribution in [0.3, 0.4) is 0 Å². The highest BCUT2D eigenvalue weighted by atomic mass is 16.1. The number of carbonyl (C=O) groups is 1. The molecule has 1 atom stereocenters. The first-order valence-corrected chi connectivity index (χ1v) is 5.87. The quantitative estimate of drug-likeness (QED) is 0.753. The van der Waals surface area contributed by atoms with Gasteiger partial charge in [-0.15, -0.1) is 0 Å². The van der Waals surface area contributed by atoms with E-state index in [9.17, 15) is 4.79 Å². The number of nitrogens with two attached hydrogens (primary N) is 1. The van der Waals surface area contributed by atoms with Crippen molar-refractivity contribution in [2.75, 3.05) is 17.7 Å². The van der Waals surface area contributed by atoms with Gasteiger partial charge in [0, 0.05) is 19.3 Å². The van der Waals surface area contributed by atoms with Crippen LogP contribution in [-0.2, 0) is 0 Å². The number of hydrogen-bond acceptors (Lipinski definition) is 5. The minimum atomic E-state index is -0.540. The Bertz CT molecular complexity index is 439. The summed E-state index contributed by atoms with van der Waals surface area (Å²) in [6.45, 7) is 8.35. The van der Waals surface area contributed by atoms with Crippen molar-refractivity contribution in [2.45, 2.75) is 33.7 Å². The van der Waals surface area contributed by atoms with Crippen LogP contribution in [0.1, 0.15) is 38.1 Å². The summed E-state index contributed by atoms with van der Waals surface area (Å²) >= 11 is 0. The van der Waals surface area contributed by atoms with Crippen molar-refractivity contribution in [3.8, 4) is 0 Å². The highest BCUT2D eigenvalue weighted by Crippen LogP contribution is 2.23. The van der Waals surface area contributed by atoms with Gasteiger partial charge in [0.15, 0.2) is 0 Å². The Morgan fingerprint density at radius 3 is 2.50 bits per heavy atom. The Hall–Kier alpha value is -1.85. The summed E-state index contributed by atoms with van der Waals surface area (Å²) in [7, 11) is 1.72. The van der Waals surface area contributed by atoms with E-state index < -0.39 is 5.91 Å². The highest BCUT2D eigenvalue weighted by molar-refractivity contribution is 5.97. The van der Waals surface area contributed by atoms with Crippen LogP contribution >= 0.6 is 0 Å². The number of aromatic nitrogens is 2. The first-order chi connectivity index (χ1) is 8.25. The molecular formula is C12H21N5O. The third-order valence-corrected chi connectivity index (χ3v) is 2.93. The molecule has 0 aliphatic heterocycles. The van der Waals surface area contributed by atoms with E-state index in [1.165, 1.54) is 6.20 Å². The maximum Gasteiger partial charge on any atom is 0.254 e. The number of amides is 1. The average molecular weight is 251 g/mol. The van der Waals surface area contributed by atoms with E-state index in [4.69, 9.17) is 5.73 Å². The van der Waals surface area contributed by atoms with Crippen molar-refractivity contribution < 1.29 is 4.79 Å². The van der Waals surface area contributed by atoms with Gasteiger partial charge >= 0.3 is 0 Å². The fourth-order valence-electron chi connectivity index (χ4n) is 1.21. The molecule has 1 rings (SSSR count). The zero-order valence-corrected chi connectivity index (χ0v) is 11.5. The van der Waals surface area contributed by atoms with E-state index in [0.29, 0.717) is 17.3 Å². The highest BCUT2D eigenvalue weighted by Gasteiger charge is 2.22. The van der Waals surface area contributed by atoms with Crippen LogP contribution in [0, 0.1) is 5.41 Å². The summed E-state index contributed by atoms with van der Waals surface area (Å²) in [4.78, 5) is 19.6. The summed E-state index contributed by atoms with van der Waals surface area (Å²) in [6, 6.07) is 0.134. The van der Waals surface area contributed by atoms with Gasteiger partial charge in [-0.05, 0) is 12.3 Å². The second kappa shape index (κ2) is 5.20. The minimum Gasteiger partial charge on any atom is -0.366 e. The van der Waals surface area contributed by atoms with Crippen molar-refractivity contribution in [1.29, 1.82) is 0 Å². The third kappa shape index (κ3) is 3.32. The summed E-state index contributed by atoms with van der Waals surface area (Å²) in [5, 5.41) is 6.05. The molecule has 0 radical (unpaired) electrons. The summed E-state index contributed by atoms with van der Waals surface area (Å²) < 4.78 is 0. The zero-order chi connectivity index (χ0) is 13.9. The normalized spacial score (nSPS) is 12.9. The molecule has 4 N–H and O–H groups in total. The molecule has 0 saturated carbocycles. The minimum absolute atomic E-state index is 0.0413. The zero-order valence-electron chi connectivity index (χ0n) is 11.5. The molecule has 0 aliphatic rings. The van der Waals surface area contributed by atoms with E-state index in [1.807, 2.05) is 6.92 Å². The predicted octanol–water partition coefficient (Wildman–Crippen LogP) is 1.46. The monoisotopic (exact) mass is 251 g/mol. The van der Waals surface area contributed by atoms with Gasteiger partial charge in [-0.25, -0.2) is 4.98 Å². The lowest BCUT2D eigenvalue weighted by Crippen LogP contribution is -2.32. The van der Waals surface area contributed by atoms with Gasteiger partial charge < -0.3 is 16.4 Å². The Balaban J connectivity index is 3.08. The molecule has 0 spiro atoms. The number of anilines is 2. The van der Waals surface area contributed by atoms with Gasteiger partial charge in [-0.1, -0.05) is 20.8 Å². The molecule has 1 amide bonds. The summed E-state index contributed by atoms with van der Waals surface area (Å²) in [6.07, 6.45) is 1.43. The molecule has 0 saturated heterocycles. The van der Waals surface area contributed by atoms with E-state index >= 15 is 0 Å². The van der Waals surface area contributed by atoms with E-state index in [0.717, 1.165) is 0 Å². The molecule has 0 aliphatic carbocycles. The van der Waals surface area contributed by atoms with Crippen LogP contribution < -0.4 is 16.4 Å². The molecule has 1 aromatic heterocycles. The number of rotatable bonds is 4. The Morgan fingerprint density at radius 2 is 2.06 bits per heavy atom.